The molecule has 1 saturated heterocycles. The summed E-state index contributed by atoms with van der Waals surface area (Å²) in [7, 11) is 0. The maximum absolute atomic E-state index is 12.1. The molecule has 3 unspecified atom stereocenters. The van der Waals surface area contributed by atoms with Crippen LogP contribution in [0.1, 0.15) is 57.8 Å². The third-order valence-electron chi connectivity index (χ3n) is 5.66. The van der Waals surface area contributed by atoms with Crippen molar-refractivity contribution in [2.45, 2.75) is 57.8 Å². The number of carbonyl (C=O) groups excluding carboxylic acids is 1. The highest BCUT2D eigenvalue weighted by molar-refractivity contribution is 5.78. The number of hydrogen-bond donors (Lipinski definition) is 1. The summed E-state index contributed by atoms with van der Waals surface area (Å²) < 4.78 is 0. The molecule has 0 radical (unpaired) electrons. The first-order chi connectivity index (χ1) is 8.81. The fourth-order valence-electron chi connectivity index (χ4n) is 4.56. The summed E-state index contributed by atoms with van der Waals surface area (Å²) in [4.78, 5) is 12.1. The minimum Gasteiger partial charge on any atom is -0.317 e. The second-order valence-corrected chi connectivity index (χ2v) is 6.91. The second kappa shape index (κ2) is 5.73. The Bertz CT molecular complexity index is 295. The topological polar surface area (TPSA) is 29.1 Å². The zero-order valence-electron chi connectivity index (χ0n) is 11.5. The molecule has 1 aliphatic heterocycles. The molecular formula is C16H27NO. The van der Waals surface area contributed by atoms with Gasteiger partial charge in [0.15, 0.2) is 0 Å². The molecule has 2 bridgehead atoms. The Morgan fingerprint density at radius 3 is 2.56 bits per heavy atom. The molecule has 0 amide bonds. The van der Waals surface area contributed by atoms with Gasteiger partial charge in [-0.3, -0.25) is 4.79 Å². The van der Waals surface area contributed by atoms with Gasteiger partial charge in [-0.1, -0.05) is 6.42 Å². The normalized spacial score (nSPS) is 36.1. The van der Waals surface area contributed by atoms with Crippen LogP contribution >= 0.6 is 0 Å². The van der Waals surface area contributed by atoms with Crippen LogP contribution in [0, 0.1) is 23.7 Å². The molecule has 0 aromatic carbocycles. The van der Waals surface area contributed by atoms with Crippen molar-refractivity contribution in [3.63, 3.8) is 0 Å². The number of Topliss-reactive ketones (excluding diaryl/α,β-unsaturated/α-hetero) is 1. The summed E-state index contributed by atoms with van der Waals surface area (Å²) in [5.74, 6) is 4.04. The molecular weight excluding hydrogens is 222 g/mol. The average Bonchev–Trinajstić information content (AvgIpc) is 3.00. The van der Waals surface area contributed by atoms with E-state index in [0.717, 1.165) is 56.0 Å². The Hall–Kier alpha value is -0.370. The summed E-state index contributed by atoms with van der Waals surface area (Å²) in [5, 5.41) is 3.39. The maximum Gasteiger partial charge on any atom is 0.133 e. The van der Waals surface area contributed by atoms with Gasteiger partial charge in [0.2, 0.25) is 0 Å². The van der Waals surface area contributed by atoms with Crippen LogP contribution in [-0.2, 0) is 4.79 Å². The van der Waals surface area contributed by atoms with E-state index in [1.54, 1.807) is 0 Å². The molecule has 3 aliphatic rings. The number of piperidine rings is 1. The molecule has 1 N–H and O–H groups in total. The van der Waals surface area contributed by atoms with E-state index in [1.807, 2.05) is 0 Å². The van der Waals surface area contributed by atoms with Crippen molar-refractivity contribution in [3.05, 3.63) is 0 Å². The van der Waals surface area contributed by atoms with E-state index in [9.17, 15) is 4.79 Å². The van der Waals surface area contributed by atoms with Gasteiger partial charge in [-0.25, -0.2) is 0 Å². The van der Waals surface area contributed by atoms with Crippen LogP contribution in [0.5, 0.6) is 0 Å². The third-order valence-corrected chi connectivity index (χ3v) is 5.66. The van der Waals surface area contributed by atoms with Crippen LogP contribution in [0.3, 0.4) is 0 Å². The van der Waals surface area contributed by atoms with Crippen molar-refractivity contribution < 1.29 is 4.79 Å². The van der Waals surface area contributed by atoms with E-state index in [1.165, 1.54) is 38.5 Å². The zero-order valence-corrected chi connectivity index (χ0v) is 11.5. The molecule has 2 heteroatoms. The minimum absolute atomic E-state index is 0.561. The molecule has 3 atom stereocenters. The van der Waals surface area contributed by atoms with Gasteiger partial charge in [0.25, 0.3) is 0 Å². The zero-order chi connectivity index (χ0) is 12.4. The van der Waals surface area contributed by atoms with Crippen LogP contribution in [0.15, 0.2) is 0 Å². The van der Waals surface area contributed by atoms with Crippen LogP contribution in [0.25, 0.3) is 0 Å². The van der Waals surface area contributed by atoms with E-state index in [2.05, 4.69) is 5.32 Å². The summed E-state index contributed by atoms with van der Waals surface area (Å²) >= 11 is 0. The largest absolute Gasteiger partial charge is 0.317 e. The van der Waals surface area contributed by atoms with Crippen LogP contribution < -0.4 is 5.32 Å². The van der Waals surface area contributed by atoms with E-state index in [-0.39, 0.29) is 0 Å². The highest BCUT2D eigenvalue weighted by Gasteiger charge is 2.39. The third kappa shape index (κ3) is 2.96. The monoisotopic (exact) mass is 249 g/mol. The molecule has 18 heavy (non-hydrogen) atoms. The number of rotatable bonds is 5. The van der Waals surface area contributed by atoms with E-state index < -0.39 is 0 Å². The maximum atomic E-state index is 12.1. The summed E-state index contributed by atoms with van der Waals surface area (Å²) in [6, 6.07) is 0. The first-order valence-electron chi connectivity index (χ1n) is 8.03. The van der Waals surface area contributed by atoms with E-state index >= 15 is 0 Å². The Morgan fingerprint density at radius 1 is 1.06 bits per heavy atom. The molecule has 1 heterocycles. The summed E-state index contributed by atoms with van der Waals surface area (Å²) in [5.41, 5.74) is 0. The lowest BCUT2D eigenvalue weighted by atomic mass is 9.83. The van der Waals surface area contributed by atoms with Gasteiger partial charge >= 0.3 is 0 Å². The van der Waals surface area contributed by atoms with Crippen molar-refractivity contribution in [2.24, 2.45) is 23.7 Å². The predicted octanol–water partition coefficient (Wildman–Crippen LogP) is 3.16. The van der Waals surface area contributed by atoms with Gasteiger partial charge in [-0.15, -0.1) is 0 Å². The summed E-state index contributed by atoms with van der Waals surface area (Å²) in [6.45, 7) is 2.32. The second-order valence-electron chi connectivity index (χ2n) is 6.91. The first kappa shape index (κ1) is 12.7. The van der Waals surface area contributed by atoms with Gasteiger partial charge in [0.1, 0.15) is 5.78 Å². The van der Waals surface area contributed by atoms with Gasteiger partial charge in [-0.2, -0.15) is 0 Å². The Kier molecular flexibility index (Phi) is 4.03. The number of ketones is 1. The molecule has 0 aromatic heterocycles. The van der Waals surface area contributed by atoms with E-state index in [0.29, 0.717) is 5.78 Å². The number of hydrogen-bond acceptors (Lipinski definition) is 2. The number of carbonyl (C=O) groups is 1. The predicted molar refractivity (Wildman–Crippen MR) is 73.4 cm³/mol. The van der Waals surface area contributed by atoms with Gasteiger partial charge in [-0.05, 0) is 75.3 Å². The van der Waals surface area contributed by atoms with Crippen molar-refractivity contribution >= 4 is 5.78 Å². The molecule has 3 rings (SSSR count). The van der Waals surface area contributed by atoms with Gasteiger partial charge < -0.3 is 5.32 Å². The fraction of sp³-hybridized carbons (Fsp3) is 0.938. The standard InChI is InChI=1S/C16H27NO/c18-16(4-2-12-5-7-17-8-6-12)11-15-10-13-1-3-14(15)9-13/h12-15,17H,1-11H2. The number of fused-ring (bicyclic) bond motifs is 2. The molecule has 2 nitrogen and oxygen atoms in total. The van der Waals surface area contributed by atoms with Crippen LogP contribution in [-0.4, -0.2) is 18.9 Å². The van der Waals surface area contributed by atoms with Crippen molar-refractivity contribution in [1.29, 1.82) is 0 Å². The van der Waals surface area contributed by atoms with Gasteiger partial charge in [0.05, 0.1) is 0 Å². The average molecular weight is 249 g/mol. The summed E-state index contributed by atoms with van der Waals surface area (Å²) in [6.07, 6.45) is 11.1. The highest BCUT2D eigenvalue weighted by atomic mass is 16.1. The Morgan fingerprint density at radius 2 is 1.89 bits per heavy atom. The van der Waals surface area contributed by atoms with Crippen molar-refractivity contribution in [2.75, 3.05) is 13.1 Å². The molecule has 2 saturated carbocycles. The van der Waals surface area contributed by atoms with Crippen LogP contribution in [0.4, 0.5) is 0 Å². The molecule has 0 spiro atoms. The lowest BCUT2D eigenvalue weighted by Gasteiger charge is -2.23. The van der Waals surface area contributed by atoms with E-state index in [4.69, 9.17) is 0 Å². The Labute approximate surface area is 111 Å². The number of nitrogens with one attached hydrogen (secondary N) is 1. The minimum atomic E-state index is 0.561. The Balaban J connectivity index is 1.36. The van der Waals surface area contributed by atoms with Crippen molar-refractivity contribution in [3.8, 4) is 0 Å². The SMILES string of the molecule is O=C(CCC1CCNCC1)CC1CC2CCC1C2. The molecule has 3 fully saturated rings. The molecule has 0 aromatic rings. The van der Waals surface area contributed by atoms with Crippen molar-refractivity contribution in [1.82, 2.24) is 5.32 Å². The lowest BCUT2D eigenvalue weighted by molar-refractivity contribution is -0.120. The quantitative estimate of drug-likeness (QED) is 0.811. The van der Waals surface area contributed by atoms with Crippen LogP contribution in [0.2, 0.25) is 0 Å². The fourth-order valence-corrected chi connectivity index (χ4v) is 4.56. The molecule has 2 aliphatic carbocycles. The van der Waals surface area contributed by atoms with Gasteiger partial charge in [0, 0.05) is 12.8 Å². The first-order valence-corrected chi connectivity index (χ1v) is 8.03. The highest BCUT2D eigenvalue weighted by Crippen LogP contribution is 2.49. The lowest BCUT2D eigenvalue weighted by Crippen LogP contribution is -2.28. The smallest absolute Gasteiger partial charge is 0.133 e. The molecule has 102 valence electrons.